The van der Waals surface area contributed by atoms with Crippen LogP contribution < -0.4 is 0 Å². The highest BCUT2D eigenvalue weighted by molar-refractivity contribution is 7.29. The van der Waals surface area contributed by atoms with Gasteiger partial charge in [-0.1, -0.05) is 112 Å². The Morgan fingerprint density at radius 3 is 0.884 bits per heavy atom. The predicted molar refractivity (Wildman–Crippen MR) is 387 cm³/mol. The number of benzene rings is 6. The third kappa shape index (κ3) is 7.63. The number of hydrogen-bond acceptors (Lipinski definition) is 8. The minimum Gasteiger partial charge on any atom is -0.134 e. The molecule has 0 saturated heterocycles. The molecule has 0 aliphatic heterocycles. The van der Waals surface area contributed by atoms with E-state index in [-0.39, 0.29) is 10.8 Å². The van der Waals surface area contributed by atoms with Crippen molar-refractivity contribution in [3.8, 4) is 80.8 Å². The number of aryl methyl sites for hydroxylation is 4. The standard InChI is InChI=1S/C40H34S4.C38H30S4/c1-19-9-11-27-23(13-19)15-29(41-27)31-17-25-37(43-31)33-21(3)36-34(22(4)35(33)39(25,5)6)38-26(40(36,7)8)18-32(44-38)30-16-24-14-20(2)10-12-28(24)42-30;1-17-7-9-27-23(11-17)13-29(39-27)31-15-25-19(3)33-22(6)36-34(21(5)35(33)37(25)41-31)20(4)26-16-32(42-38(26)36)30-14-24-12-18(2)8-10-28(24)40-30/h9-18H,1-8H3;7-16,19-20H,1-6H3. The van der Waals surface area contributed by atoms with E-state index >= 15 is 0 Å². The second kappa shape index (κ2) is 18.8. The third-order valence-corrected chi connectivity index (χ3v) is 29.9. The third-order valence-electron chi connectivity index (χ3n) is 20.0. The molecule has 0 radical (unpaired) electrons. The molecular formula is C78H64S8. The molecule has 8 heteroatoms. The average molecular weight is 1260 g/mol. The Hall–Kier alpha value is -6.04. The van der Waals surface area contributed by atoms with Gasteiger partial charge in [0.25, 0.3) is 0 Å². The molecule has 4 aliphatic carbocycles. The number of thiophene rings is 8. The summed E-state index contributed by atoms with van der Waals surface area (Å²) in [5, 5.41) is 5.46. The van der Waals surface area contributed by atoms with Crippen LogP contribution in [0, 0.1) is 55.4 Å². The summed E-state index contributed by atoms with van der Waals surface area (Å²) in [6, 6.07) is 47.0. The van der Waals surface area contributed by atoms with Crippen molar-refractivity contribution in [2.24, 2.45) is 0 Å². The van der Waals surface area contributed by atoms with Gasteiger partial charge < -0.3 is 0 Å². The number of rotatable bonds is 4. The molecule has 0 nitrogen and oxygen atoms in total. The zero-order valence-corrected chi connectivity index (χ0v) is 57.5. The lowest BCUT2D eigenvalue weighted by Gasteiger charge is -2.29. The number of fused-ring (bicyclic) bond motifs is 16. The van der Waals surface area contributed by atoms with E-state index in [4.69, 9.17) is 0 Å². The summed E-state index contributed by atoms with van der Waals surface area (Å²) in [7, 11) is 0. The predicted octanol–water partition coefficient (Wildman–Crippen LogP) is 26.5. The molecule has 8 heterocycles. The van der Waals surface area contributed by atoms with Gasteiger partial charge in [0.1, 0.15) is 0 Å². The lowest BCUT2D eigenvalue weighted by molar-refractivity contribution is 0.646. The van der Waals surface area contributed by atoms with E-state index in [1.165, 1.54) is 188 Å². The molecule has 2 atom stereocenters. The van der Waals surface area contributed by atoms with Crippen molar-refractivity contribution < 1.29 is 0 Å². The topological polar surface area (TPSA) is 0 Å². The summed E-state index contributed by atoms with van der Waals surface area (Å²) in [5.74, 6) is 0.843. The summed E-state index contributed by atoms with van der Waals surface area (Å²) in [6.45, 7) is 33.1. The van der Waals surface area contributed by atoms with Crippen LogP contribution in [0.25, 0.3) is 121 Å². The number of hydrogen-bond donors (Lipinski definition) is 0. The van der Waals surface area contributed by atoms with Gasteiger partial charge in [0.15, 0.2) is 0 Å². The van der Waals surface area contributed by atoms with Crippen molar-refractivity contribution >= 4 is 131 Å². The average Bonchev–Trinajstić information content (AvgIpc) is 1.55. The molecule has 0 bridgehead atoms. The normalized spacial score (nSPS) is 16.2. The van der Waals surface area contributed by atoms with Crippen molar-refractivity contribution in [3.05, 3.63) is 210 Å². The highest BCUT2D eigenvalue weighted by Gasteiger charge is 2.48. The molecule has 14 aromatic rings. The van der Waals surface area contributed by atoms with Crippen LogP contribution in [0.4, 0.5) is 0 Å². The largest absolute Gasteiger partial charge is 0.134 e. The van der Waals surface area contributed by atoms with Crippen LogP contribution in [0.15, 0.2) is 121 Å². The van der Waals surface area contributed by atoms with E-state index in [0.717, 1.165) is 0 Å². The van der Waals surface area contributed by atoms with E-state index in [1.54, 1.807) is 22.3 Å². The lowest BCUT2D eigenvalue weighted by atomic mass is 9.74. The van der Waals surface area contributed by atoms with Gasteiger partial charge in [0.05, 0.1) is 0 Å². The Bertz CT molecular complexity index is 4980. The zero-order valence-electron chi connectivity index (χ0n) is 51.0. The maximum atomic E-state index is 2.52. The Balaban J connectivity index is 0.000000135. The maximum absolute atomic E-state index is 2.52. The first-order valence-electron chi connectivity index (χ1n) is 30.1. The minimum absolute atomic E-state index is 0.0348. The Kier molecular flexibility index (Phi) is 11.8. The van der Waals surface area contributed by atoms with Gasteiger partial charge in [-0.2, -0.15) is 0 Å². The molecule has 424 valence electrons. The molecule has 6 aromatic carbocycles. The minimum atomic E-state index is -0.0348. The smallest absolute Gasteiger partial charge is 0.0455 e. The quantitative estimate of drug-likeness (QED) is 0.165. The lowest BCUT2D eigenvalue weighted by Crippen LogP contribution is -2.20. The van der Waals surface area contributed by atoms with Crippen LogP contribution in [0.2, 0.25) is 0 Å². The van der Waals surface area contributed by atoms with Crippen molar-refractivity contribution in [2.45, 2.75) is 120 Å². The first-order chi connectivity index (χ1) is 41.2. The zero-order chi connectivity index (χ0) is 59.0. The van der Waals surface area contributed by atoms with Crippen LogP contribution in [0.5, 0.6) is 0 Å². The van der Waals surface area contributed by atoms with E-state index < -0.39 is 0 Å². The summed E-state index contributed by atoms with van der Waals surface area (Å²) in [4.78, 5) is 17.2. The molecule has 18 rings (SSSR count). The van der Waals surface area contributed by atoms with Crippen molar-refractivity contribution in [1.82, 2.24) is 0 Å². The van der Waals surface area contributed by atoms with E-state index in [0.29, 0.717) is 11.8 Å². The SMILES string of the molecule is Cc1ccc2sc(-c3cc4c(s3)-c3c(C)c5c(c(C)c3C4(C)C)-c3sc(-c4cc6cc(C)ccc6s4)cc3C5(C)C)cc2c1.Cc1ccc2sc(-c3cc4c(s3)-c3c(C)c5c(c(C)c3C4C)-c3sc(-c4cc6cc(C)ccc6s4)cc3C5C)cc2c1. The molecule has 0 N–H and O–H groups in total. The van der Waals surface area contributed by atoms with Gasteiger partial charge in [-0.25, -0.2) is 0 Å². The van der Waals surface area contributed by atoms with Gasteiger partial charge in [-0.3, -0.25) is 0 Å². The van der Waals surface area contributed by atoms with Gasteiger partial charge in [-0.05, 0) is 239 Å². The van der Waals surface area contributed by atoms with Crippen LogP contribution in [0.1, 0.15) is 142 Å². The molecule has 2 unspecified atom stereocenters. The fourth-order valence-corrected chi connectivity index (χ4v) is 26.0. The van der Waals surface area contributed by atoms with Crippen LogP contribution in [-0.2, 0) is 10.8 Å². The van der Waals surface area contributed by atoms with Crippen molar-refractivity contribution in [1.29, 1.82) is 0 Å². The fraction of sp³-hybridized carbons (Fsp3) is 0.231. The van der Waals surface area contributed by atoms with E-state index in [9.17, 15) is 0 Å². The van der Waals surface area contributed by atoms with Crippen LogP contribution in [0.3, 0.4) is 0 Å². The molecule has 4 aliphatic rings. The molecule has 0 fully saturated rings. The molecule has 8 aromatic heterocycles. The molecule has 0 saturated carbocycles. The van der Waals surface area contributed by atoms with Gasteiger partial charge in [-0.15, -0.1) is 90.7 Å². The first-order valence-corrected chi connectivity index (χ1v) is 36.7. The monoisotopic (exact) mass is 1260 g/mol. The molecule has 0 spiro atoms. The summed E-state index contributed by atoms with van der Waals surface area (Å²) in [6.07, 6.45) is 0. The fourth-order valence-electron chi connectivity index (χ4n) is 16.0. The second-order valence-corrected chi connectivity index (χ2v) is 34.9. The molecule has 86 heavy (non-hydrogen) atoms. The van der Waals surface area contributed by atoms with Crippen molar-refractivity contribution in [2.75, 3.05) is 0 Å². The Morgan fingerprint density at radius 1 is 0.291 bits per heavy atom. The highest BCUT2D eigenvalue weighted by atomic mass is 32.1. The molecular weight excluding hydrogens is 1190 g/mol. The van der Waals surface area contributed by atoms with Gasteiger partial charge >= 0.3 is 0 Å². The second-order valence-electron chi connectivity index (χ2n) is 26.4. The van der Waals surface area contributed by atoms with Gasteiger partial charge in [0, 0.05) is 100.0 Å². The Morgan fingerprint density at radius 2 is 0.570 bits per heavy atom. The van der Waals surface area contributed by atoms with Gasteiger partial charge in [0.2, 0.25) is 0 Å². The van der Waals surface area contributed by atoms with Crippen molar-refractivity contribution in [3.63, 3.8) is 0 Å². The maximum Gasteiger partial charge on any atom is 0.0455 e. The summed E-state index contributed by atoms with van der Waals surface area (Å²) < 4.78 is 5.52. The van der Waals surface area contributed by atoms with E-state index in [2.05, 4.69) is 218 Å². The highest BCUT2D eigenvalue weighted by Crippen LogP contribution is 2.65. The summed E-state index contributed by atoms with van der Waals surface area (Å²) >= 11 is 15.8. The van der Waals surface area contributed by atoms with E-state index in [1.807, 2.05) is 90.7 Å². The Labute approximate surface area is 536 Å². The van der Waals surface area contributed by atoms with Crippen LogP contribution in [-0.4, -0.2) is 0 Å². The molecule has 0 amide bonds. The first kappa shape index (κ1) is 54.1. The van der Waals surface area contributed by atoms with Crippen LogP contribution >= 0.6 is 90.7 Å². The summed E-state index contributed by atoms with van der Waals surface area (Å²) in [5.41, 5.74) is 29.6.